The third-order valence-corrected chi connectivity index (χ3v) is 4.96. The number of pyridine rings is 2. The molecule has 0 bridgehead atoms. The smallest absolute Gasteiger partial charge is 0.135 e. The van der Waals surface area contributed by atoms with Gasteiger partial charge in [-0.1, -0.05) is 62.0 Å². The van der Waals surface area contributed by atoms with Gasteiger partial charge in [-0.3, -0.25) is 4.98 Å². The lowest BCUT2D eigenvalue weighted by Gasteiger charge is -2.18. The minimum Gasteiger partial charge on any atom is -0.373 e. The summed E-state index contributed by atoms with van der Waals surface area (Å²) in [6.45, 7) is 25.2. The summed E-state index contributed by atoms with van der Waals surface area (Å²) in [6.07, 6.45) is 1.09. The average molecular weight is 398 g/mol. The van der Waals surface area contributed by atoms with Gasteiger partial charge in [0.05, 0.1) is 5.69 Å². The molecule has 0 aliphatic heterocycles. The standard InChI is InChI=1S/C22H31N3.2C2H6/c1-9-14(4)16(6)19-12-15(5)21(24-17(19)7)18-10-11-20(13(2)3)25-22(18)23-8;2*1-2/h10-14H,6,9H2,1-5,7-8H3,(H,23,25);2*1-2H3. The predicted octanol–water partition coefficient (Wildman–Crippen LogP) is 8.04. The Morgan fingerprint density at radius 2 is 1.62 bits per heavy atom. The maximum atomic E-state index is 4.92. The van der Waals surface area contributed by atoms with E-state index in [2.05, 4.69) is 71.6 Å². The molecule has 0 aromatic carbocycles. The maximum absolute atomic E-state index is 4.92. The van der Waals surface area contributed by atoms with Gasteiger partial charge in [-0.05, 0) is 67.0 Å². The number of aromatic nitrogens is 2. The fourth-order valence-corrected chi connectivity index (χ4v) is 2.99. The molecular formula is C26H43N3. The average Bonchev–Trinajstić information content (AvgIpc) is 2.76. The Hall–Kier alpha value is -2.16. The van der Waals surface area contributed by atoms with Gasteiger partial charge in [-0.25, -0.2) is 4.98 Å². The van der Waals surface area contributed by atoms with Crippen LogP contribution in [-0.2, 0) is 0 Å². The highest BCUT2D eigenvalue weighted by Crippen LogP contribution is 2.33. The fraction of sp³-hybridized carbons (Fsp3) is 0.538. The van der Waals surface area contributed by atoms with Crippen LogP contribution in [0.3, 0.4) is 0 Å². The summed E-state index contributed by atoms with van der Waals surface area (Å²) in [4.78, 5) is 9.69. The van der Waals surface area contributed by atoms with Crippen LogP contribution in [0.25, 0.3) is 16.8 Å². The minimum absolute atomic E-state index is 0.401. The number of nitrogens with zero attached hydrogens (tertiary/aromatic N) is 2. The van der Waals surface area contributed by atoms with Gasteiger partial charge in [-0.2, -0.15) is 0 Å². The van der Waals surface area contributed by atoms with Crippen molar-refractivity contribution >= 4 is 11.4 Å². The van der Waals surface area contributed by atoms with Crippen molar-refractivity contribution in [2.75, 3.05) is 12.4 Å². The molecule has 2 heterocycles. The predicted molar refractivity (Wildman–Crippen MR) is 132 cm³/mol. The first-order valence-corrected chi connectivity index (χ1v) is 11.2. The lowest BCUT2D eigenvalue weighted by Crippen LogP contribution is -2.05. The zero-order valence-corrected chi connectivity index (χ0v) is 20.7. The van der Waals surface area contributed by atoms with Crippen LogP contribution in [0.4, 0.5) is 5.82 Å². The van der Waals surface area contributed by atoms with Crippen LogP contribution in [0.15, 0.2) is 24.8 Å². The first-order valence-electron chi connectivity index (χ1n) is 11.2. The second-order valence-electron chi connectivity index (χ2n) is 7.16. The van der Waals surface area contributed by atoms with Crippen molar-refractivity contribution in [3.63, 3.8) is 0 Å². The van der Waals surface area contributed by atoms with Crippen molar-refractivity contribution in [2.45, 2.75) is 81.6 Å². The number of hydrogen-bond donors (Lipinski definition) is 1. The largest absolute Gasteiger partial charge is 0.373 e. The molecule has 2 rings (SSSR count). The normalized spacial score (nSPS) is 11.0. The molecule has 29 heavy (non-hydrogen) atoms. The maximum Gasteiger partial charge on any atom is 0.135 e. The molecule has 0 fully saturated rings. The third kappa shape index (κ3) is 6.69. The minimum atomic E-state index is 0.401. The highest BCUT2D eigenvalue weighted by atomic mass is 15.0. The van der Waals surface area contributed by atoms with Crippen molar-refractivity contribution in [3.05, 3.63) is 47.3 Å². The van der Waals surface area contributed by atoms with Gasteiger partial charge >= 0.3 is 0 Å². The molecule has 1 unspecified atom stereocenters. The van der Waals surface area contributed by atoms with E-state index in [-0.39, 0.29) is 0 Å². The second kappa shape index (κ2) is 13.1. The lowest BCUT2D eigenvalue weighted by molar-refractivity contribution is 0.717. The monoisotopic (exact) mass is 397 g/mol. The summed E-state index contributed by atoms with van der Waals surface area (Å²) in [6, 6.07) is 6.46. The Bertz CT molecular complexity index is 776. The zero-order valence-electron chi connectivity index (χ0n) is 20.7. The molecule has 0 radical (unpaired) electrons. The van der Waals surface area contributed by atoms with Crippen molar-refractivity contribution in [1.82, 2.24) is 9.97 Å². The van der Waals surface area contributed by atoms with E-state index >= 15 is 0 Å². The highest BCUT2D eigenvalue weighted by Gasteiger charge is 2.16. The molecule has 1 atom stereocenters. The molecule has 0 aliphatic rings. The number of allylic oxidation sites excluding steroid dienone is 1. The van der Waals surface area contributed by atoms with Gasteiger partial charge in [0.1, 0.15) is 5.82 Å². The van der Waals surface area contributed by atoms with E-state index in [9.17, 15) is 0 Å². The van der Waals surface area contributed by atoms with Gasteiger partial charge in [-0.15, -0.1) is 0 Å². The number of aryl methyl sites for hydroxylation is 2. The summed E-state index contributed by atoms with van der Waals surface area (Å²) in [5.41, 5.74) is 7.65. The Kier molecular flexibility index (Phi) is 12.2. The molecule has 0 saturated carbocycles. The molecule has 162 valence electrons. The van der Waals surface area contributed by atoms with E-state index in [1.54, 1.807) is 0 Å². The van der Waals surface area contributed by atoms with Crippen molar-refractivity contribution in [2.24, 2.45) is 5.92 Å². The Morgan fingerprint density at radius 1 is 1.03 bits per heavy atom. The zero-order chi connectivity index (χ0) is 22.7. The number of anilines is 1. The van der Waals surface area contributed by atoms with E-state index < -0.39 is 0 Å². The molecule has 0 aliphatic carbocycles. The lowest BCUT2D eigenvalue weighted by atomic mass is 9.91. The fourth-order valence-electron chi connectivity index (χ4n) is 2.99. The third-order valence-electron chi connectivity index (χ3n) is 4.96. The molecule has 3 nitrogen and oxygen atoms in total. The van der Waals surface area contributed by atoms with Crippen LogP contribution in [0.1, 0.15) is 90.2 Å². The summed E-state index contributed by atoms with van der Waals surface area (Å²) in [5, 5.41) is 3.23. The van der Waals surface area contributed by atoms with Crippen molar-refractivity contribution in [1.29, 1.82) is 0 Å². The Balaban J connectivity index is 0.00000184. The first kappa shape index (κ1) is 26.8. The van der Waals surface area contributed by atoms with Crippen molar-refractivity contribution in [3.8, 4) is 11.3 Å². The van der Waals surface area contributed by atoms with Gasteiger partial charge < -0.3 is 5.32 Å². The van der Waals surface area contributed by atoms with E-state index in [1.807, 2.05) is 34.7 Å². The molecule has 3 heteroatoms. The van der Waals surface area contributed by atoms with Crippen LogP contribution in [0.5, 0.6) is 0 Å². The first-order chi connectivity index (χ1) is 13.8. The van der Waals surface area contributed by atoms with Gasteiger partial charge in [0.25, 0.3) is 0 Å². The van der Waals surface area contributed by atoms with Crippen LogP contribution in [-0.4, -0.2) is 17.0 Å². The molecule has 0 saturated heterocycles. The SMILES string of the molecule is C=C(c1cc(C)c(-c2ccc(C(C)C)nc2NC)nc1C)C(C)CC.CC.CC. The van der Waals surface area contributed by atoms with Crippen LogP contribution >= 0.6 is 0 Å². The van der Waals surface area contributed by atoms with E-state index in [0.717, 1.165) is 40.4 Å². The topological polar surface area (TPSA) is 37.8 Å². The van der Waals surface area contributed by atoms with E-state index in [0.29, 0.717) is 11.8 Å². The van der Waals surface area contributed by atoms with Crippen molar-refractivity contribution < 1.29 is 0 Å². The molecule has 0 amide bonds. The Labute approximate surface area is 180 Å². The number of nitrogens with one attached hydrogen (secondary N) is 1. The van der Waals surface area contributed by atoms with Crippen LogP contribution in [0, 0.1) is 19.8 Å². The van der Waals surface area contributed by atoms with Gasteiger partial charge in [0.15, 0.2) is 0 Å². The number of hydrogen-bond acceptors (Lipinski definition) is 3. The molecule has 1 N–H and O–H groups in total. The summed E-state index contributed by atoms with van der Waals surface area (Å²) in [5.74, 6) is 1.75. The highest BCUT2D eigenvalue weighted by molar-refractivity contribution is 5.77. The van der Waals surface area contributed by atoms with Gasteiger partial charge in [0.2, 0.25) is 0 Å². The van der Waals surface area contributed by atoms with E-state index in [4.69, 9.17) is 9.97 Å². The summed E-state index contributed by atoms with van der Waals surface area (Å²) in [7, 11) is 1.91. The van der Waals surface area contributed by atoms with Gasteiger partial charge in [0, 0.05) is 24.0 Å². The Morgan fingerprint density at radius 3 is 2.10 bits per heavy atom. The molecular weight excluding hydrogens is 354 g/mol. The molecule has 0 spiro atoms. The molecule has 2 aromatic rings. The van der Waals surface area contributed by atoms with Crippen LogP contribution in [0.2, 0.25) is 0 Å². The second-order valence-corrected chi connectivity index (χ2v) is 7.16. The summed E-state index contributed by atoms with van der Waals surface area (Å²) < 4.78 is 0. The quantitative estimate of drug-likeness (QED) is 0.536. The van der Waals surface area contributed by atoms with Crippen LogP contribution < -0.4 is 5.32 Å². The van der Waals surface area contributed by atoms with E-state index in [1.165, 1.54) is 11.1 Å². The number of rotatable bonds is 6. The molecule has 2 aromatic heterocycles. The summed E-state index contributed by atoms with van der Waals surface area (Å²) >= 11 is 0.